The normalized spacial score (nSPS) is 18.8. The fourth-order valence-corrected chi connectivity index (χ4v) is 1.61. The molecular formula is C12H22N2O3. The number of carbonyl (C=O) groups excluding carboxylic acids is 1. The summed E-state index contributed by atoms with van der Waals surface area (Å²) < 4.78 is 0. The van der Waals surface area contributed by atoms with Crippen LogP contribution in [0.25, 0.3) is 0 Å². The van der Waals surface area contributed by atoms with E-state index >= 15 is 0 Å². The van der Waals surface area contributed by atoms with E-state index in [1.54, 1.807) is 0 Å². The largest absolute Gasteiger partial charge is 0.480 e. The van der Waals surface area contributed by atoms with Gasteiger partial charge in [0, 0.05) is 12.5 Å². The van der Waals surface area contributed by atoms with Gasteiger partial charge in [-0.1, -0.05) is 26.7 Å². The van der Waals surface area contributed by atoms with Crippen LogP contribution in [0.15, 0.2) is 0 Å². The van der Waals surface area contributed by atoms with Gasteiger partial charge in [0.2, 0.25) is 5.91 Å². The first kappa shape index (κ1) is 14.0. The second-order valence-electron chi connectivity index (χ2n) is 5.25. The molecule has 1 saturated carbocycles. The van der Waals surface area contributed by atoms with Crippen LogP contribution in [0.3, 0.4) is 0 Å². The molecule has 0 heterocycles. The Hall–Kier alpha value is -1.10. The van der Waals surface area contributed by atoms with E-state index in [1.165, 1.54) is 0 Å². The molecule has 17 heavy (non-hydrogen) atoms. The quantitative estimate of drug-likeness (QED) is 0.613. The molecule has 0 bridgehead atoms. The van der Waals surface area contributed by atoms with Crippen molar-refractivity contribution in [1.29, 1.82) is 0 Å². The third kappa shape index (κ3) is 5.17. The lowest BCUT2D eigenvalue weighted by molar-refractivity contribution is -0.142. The van der Waals surface area contributed by atoms with E-state index in [2.05, 4.69) is 5.32 Å². The maximum atomic E-state index is 11.6. The minimum Gasteiger partial charge on any atom is -0.480 e. The molecule has 5 nitrogen and oxygen atoms in total. The Morgan fingerprint density at radius 1 is 1.41 bits per heavy atom. The minimum atomic E-state index is -0.955. The molecule has 2 atom stereocenters. The highest BCUT2D eigenvalue weighted by Gasteiger charge is 2.30. The number of hydrogen-bond acceptors (Lipinski definition) is 3. The molecule has 0 aromatic carbocycles. The summed E-state index contributed by atoms with van der Waals surface area (Å²) in [6.07, 6.45) is 2.88. The molecule has 0 saturated heterocycles. The second-order valence-corrected chi connectivity index (χ2v) is 5.25. The lowest BCUT2D eigenvalue weighted by Gasteiger charge is -2.18. The number of aliphatic carboxylic acids is 1. The maximum absolute atomic E-state index is 11.6. The first-order valence-electron chi connectivity index (χ1n) is 6.18. The first-order valence-corrected chi connectivity index (χ1v) is 6.18. The van der Waals surface area contributed by atoms with Crippen molar-refractivity contribution >= 4 is 11.9 Å². The van der Waals surface area contributed by atoms with Crippen molar-refractivity contribution in [1.82, 2.24) is 5.32 Å². The summed E-state index contributed by atoms with van der Waals surface area (Å²) in [6.45, 7) is 3.88. The van der Waals surface area contributed by atoms with Gasteiger partial charge < -0.3 is 16.2 Å². The standard InChI is InChI=1S/C12H22N2O3/c1-7(2)9(13)6-11(15)14-10(12(16)17)5-8-3-4-8/h7-10H,3-6,13H2,1-2H3,(H,14,15)(H,16,17)/t9?,10-/m0/s1. The molecule has 1 fully saturated rings. The lowest BCUT2D eigenvalue weighted by atomic mass is 10.0. The zero-order valence-electron chi connectivity index (χ0n) is 10.5. The Morgan fingerprint density at radius 2 is 2.00 bits per heavy atom. The highest BCUT2D eigenvalue weighted by molar-refractivity contribution is 5.83. The van der Waals surface area contributed by atoms with Gasteiger partial charge in [-0.05, 0) is 18.3 Å². The van der Waals surface area contributed by atoms with E-state index < -0.39 is 12.0 Å². The Bertz CT molecular complexity index is 287. The van der Waals surface area contributed by atoms with E-state index in [9.17, 15) is 9.59 Å². The van der Waals surface area contributed by atoms with Crippen molar-refractivity contribution in [3.8, 4) is 0 Å². The molecule has 5 heteroatoms. The highest BCUT2D eigenvalue weighted by atomic mass is 16.4. The van der Waals surface area contributed by atoms with Gasteiger partial charge in [-0.15, -0.1) is 0 Å². The van der Waals surface area contributed by atoms with Gasteiger partial charge in [0.25, 0.3) is 0 Å². The number of rotatable bonds is 7. The van der Waals surface area contributed by atoms with Gasteiger partial charge in [0.1, 0.15) is 6.04 Å². The van der Waals surface area contributed by atoms with Crippen LogP contribution in [0, 0.1) is 11.8 Å². The topological polar surface area (TPSA) is 92.4 Å². The van der Waals surface area contributed by atoms with Crippen LogP contribution in [0.1, 0.15) is 39.5 Å². The summed E-state index contributed by atoms with van der Waals surface area (Å²) in [7, 11) is 0. The van der Waals surface area contributed by atoms with Crippen LogP contribution in [-0.2, 0) is 9.59 Å². The molecule has 0 radical (unpaired) electrons. The first-order chi connectivity index (χ1) is 7.90. The van der Waals surface area contributed by atoms with Crippen molar-refractivity contribution < 1.29 is 14.7 Å². The van der Waals surface area contributed by atoms with Gasteiger partial charge >= 0.3 is 5.97 Å². The van der Waals surface area contributed by atoms with Crippen molar-refractivity contribution in [3.05, 3.63) is 0 Å². The fourth-order valence-electron chi connectivity index (χ4n) is 1.61. The van der Waals surface area contributed by atoms with Gasteiger partial charge in [-0.3, -0.25) is 4.79 Å². The average Bonchev–Trinajstić information content (AvgIpc) is 3.00. The van der Waals surface area contributed by atoms with Crippen LogP contribution < -0.4 is 11.1 Å². The summed E-state index contributed by atoms with van der Waals surface area (Å²) in [5, 5.41) is 11.6. The zero-order chi connectivity index (χ0) is 13.0. The molecule has 0 aromatic heterocycles. The molecule has 1 unspecified atom stereocenters. The van der Waals surface area contributed by atoms with E-state index in [4.69, 9.17) is 10.8 Å². The van der Waals surface area contributed by atoms with Crippen molar-refractivity contribution in [2.24, 2.45) is 17.6 Å². The van der Waals surface area contributed by atoms with Crippen LogP contribution in [0.2, 0.25) is 0 Å². The smallest absolute Gasteiger partial charge is 0.326 e. The predicted molar refractivity (Wildman–Crippen MR) is 64.3 cm³/mol. The molecule has 1 amide bonds. The number of amides is 1. The summed E-state index contributed by atoms with van der Waals surface area (Å²) in [6, 6.07) is -0.972. The average molecular weight is 242 g/mol. The molecule has 98 valence electrons. The van der Waals surface area contributed by atoms with Gasteiger partial charge in [0.15, 0.2) is 0 Å². The monoisotopic (exact) mass is 242 g/mol. The van der Waals surface area contributed by atoms with E-state index in [-0.39, 0.29) is 24.3 Å². The number of carbonyl (C=O) groups is 2. The molecule has 1 aliphatic carbocycles. The number of hydrogen-bond donors (Lipinski definition) is 3. The number of carboxylic acids is 1. The Kier molecular flexibility index (Phi) is 4.93. The molecule has 0 spiro atoms. The van der Waals surface area contributed by atoms with Gasteiger partial charge in [0.05, 0.1) is 0 Å². The van der Waals surface area contributed by atoms with Crippen LogP contribution in [0.5, 0.6) is 0 Å². The highest BCUT2D eigenvalue weighted by Crippen LogP contribution is 2.33. The summed E-state index contributed by atoms with van der Waals surface area (Å²) in [4.78, 5) is 22.6. The zero-order valence-corrected chi connectivity index (χ0v) is 10.5. The summed E-state index contributed by atoms with van der Waals surface area (Å²) in [5.41, 5.74) is 5.77. The molecular weight excluding hydrogens is 220 g/mol. The maximum Gasteiger partial charge on any atom is 0.326 e. The second kappa shape index (κ2) is 6.00. The van der Waals surface area contributed by atoms with Gasteiger partial charge in [-0.25, -0.2) is 4.79 Å². The van der Waals surface area contributed by atoms with Crippen molar-refractivity contribution in [3.63, 3.8) is 0 Å². The van der Waals surface area contributed by atoms with E-state index in [0.29, 0.717) is 12.3 Å². The van der Waals surface area contributed by atoms with Gasteiger partial charge in [-0.2, -0.15) is 0 Å². The summed E-state index contributed by atoms with van der Waals surface area (Å²) >= 11 is 0. The number of carboxylic acid groups (broad SMARTS) is 1. The molecule has 1 aliphatic rings. The third-order valence-electron chi connectivity index (χ3n) is 3.18. The Morgan fingerprint density at radius 3 is 2.41 bits per heavy atom. The molecule has 4 N–H and O–H groups in total. The molecule has 1 rings (SSSR count). The van der Waals surface area contributed by atoms with Crippen LogP contribution in [-0.4, -0.2) is 29.1 Å². The Labute approximate surface area is 102 Å². The SMILES string of the molecule is CC(C)C(N)CC(=O)N[C@@H](CC1CC1)C(=O)O. The van der Waals surface area contributed by atoms with Crippen LogP contribution >= 0.6 is 0 Å². The van der Waals surface area contributed by atoms with Crippen molar-refractivity contribution in [2.75, 3.05) is 0 Å². The third-order valence-corrected chi connectivity index (χ3v) is 3.18. The Balaban J connectivity index is 2.37. The fraction of sp³-hybridized carbons (Fsp3) is 0.833. The number of nitrogens with two attached hydrogens (primary N) is 1. The van der Waals surface area contributed by atoms with E-state index in [0.717, 1.165) is 12.8 Å². The van der Waals surface area contributed by atoms with Crippen LogP contribution in [0.4, 0.5) is 0 Å². The summed E-state index contributed by atoms with van der Waals surface area (Å²) in [5.74, 6) is -0.537. The van der Waals surface area contributed by atoms with Crippen molar-refractivity contribution in [2.45, 2.75) is 51.6 Å². The number of nitrogens with one attached hydrogen (secondary N) is 1. The predicted octanol–water partition coefficient (Wildman–Crippen LogP) is 0.729. The minimum absolute atomic E-state index is 0.187. The molecule has 0 aliphatic heterocycles. The van der Waals surface area contributed by atoms with E-state index in [1.807, 2.05) is 13.8 Å². The molecule has 0 aromatic rings. The lowest BCUT2D eigenvalue weighted by Crippen LogP contribution is -2.43.